The van der Waals surface area contributed by atoms with Crippen molar-refractivity contribution in [3.05, 3.63) is 24.3 Å². The topological polar surface area (TPSA) is 67.2 Å². The maximum Gasteiger partial charge on any atom is 0.232 e. The highest BCUT2D eigenvalue weighted by Gasteiger charge is 2.35. The maximum absolute atomic E-state index is 12.5. The van der Waals surface area contributed by atoms with E-state index in [9.17, 15) is 9.59 Å². The Morgan fingerprint density at radius 1 is 1.39 bits per heavy atom. The van der Waals surface area contributed by atoms with Crippen molar-refractivity contribution >= 4 is 28.8 Å². The molecule has 122 valence electrons. The lowest BCUT2D eigenvalue weighted by Gasteiger charge is -2.20. The van der Waals surface area contributed by atoms with Gasteiger partial charge in [-0.3, -0.25) is 14.9 Å². The van der Waals surface area contributed by atoms with Gasteiger partial charge in [-0.25, -0.2) is 4.98 Å². The molecule has 1 aliphatic heterocycles. The average molecular weight is 314 g/mol. The summed E-state index contributed by atoms with van der Waals surface area (Å²) in [6.07, 6.45) is 0.274. The molecule has 1 aromatic carbocycles. The highest BCUT2D eigenvalue weighted by atomic mass is 16.2. The molecule has 1 saturated heterocycles. The highest BCUT2D eigenvalue weighted by molar-refractivity contribution is 5.97. The molecule has 1 fully saturated rings. The minimum atomic E-state index is -0.310. The van der Waals surface area contributed by atoms with Crippen LogP contribution in [0.4, 0.5) is 5.95 Å². The number of benzene rings is 1. The number of likely N-dealkylation sites (tertiary alicyclic amines) is 1. The zero-order valence-electron chi connectivity index (χ0n) is 13.7. The van der Waals surface area contributed by atoms with Gasteiger partial charge in [-0.05, 0) is 32.9 Å². The molecular formula is C17H22N4O2. The van der Waals surface area contributed by atoms with E-state index in [1.54, 1.807) is 4.90 Å². The van der Waals surface area contributed by atoms with E-state index in [1.807, 2.05) is 49.6 Å². The fourth-order valence-electron chi connectivity index (χ4n) is 3.11. The summed E-state index contributed by atoms with van der Waals surface area (Å²) < 4.78 is 1.98. The number of carbonyl (C=O) groups is 2. The van der Waals surface area contributed by atoms with E-state index in [4.69, 9.17) is 0 Å². The minimum Gasteiger partial charge on any atom is -0.339 e. The van der Waals surface area contributed by atoms with Crippen molar-refractivity contribution in [3.63, 3.8) is 0 Å². The van der Waals surface area contributed by atoms with Crippen LogP contribution in [-0.2, 0) is 16.1 Å². The van der Waals surface area contributed by atoms with Crippen LogP contribution in [0.1, 0.15) is 27.2 Å². The van der Waals surface area contributed by atoms with Gasteiger partial charge in [0.2, 0.25) is 17.8 Å². The summed E-state index contributed by atoms with van der Waals surface area (Å²) in [4.78, 5) is 30.8. The maximum atomic E-state index is 12.5. The van der Waals surface area contributed by atoms with Gasteiger partial charge >= 0.3 is 0 Å². The number of nitrogens with zero attached hydrogens (tertiary/aromatic N) is 3. The molecule has 0 aliphatic carbocycles. The van der Waals surface area contributed by atoms with E-state index in [2.05, 4.69) is 10.3 Å². The van der Waals surface area contributed by atoms with Crippen LogP contribution in [0.15, 0.2) is 24.3 Å². The van der Waals surface area contributed by atoms with Crippen LogP contribution in [0, 0.1) is 5.92 Å². The summed E-state index contributed by atoms with van der Waals surface area (Å²) in [7, 11) is 0. The van der Waals surface area contributed by atoms with E-state index in [0.717, 1.165) is 17.6 Å². The second-order valence-corrected chi connectivity index (χ2v) is 6.20. The molecule has 0 spiro atoms. The summed E-state index contributed by atoms with van der Waals surface area (Å²) in [5, 5.41) is 2.91. The predicted octanol–water partition coefficient (Wildman–Crippen LogP) is 2.25. The van der Waals surface area contributed by atoms with Crippen molar-refractivity contribution in [2.45, 2.75) is 39.8 Å². The highest BCUT2D eigenvalue weighted by Crippen LogP contribution is 2.23. The molecule has 1 N–H and O–H groups in total. The number of hydrogen-bond acceptors (Lipinski definition) is 3. The number of hydrogen-bond donors (Lipinski definition) is 1. The first-order valence-corrected chi connectivity index (χ1v) is 8.06. The van der Waals surface area contributed by atoms with Crippen molar-refractivity contribution < 1.29 is 9.59 Å². The Hall–Kier alpha value is -2.37. The predicted molar refractivity (Wildman–Crippen MR) is 89.0 cm³/mol. The van der Waals surface area contributed by atoms with Crippen molar-refractivity contribution in [1.29, 1.82) is 0 Å². The minimum absolute atomic E-state index is 0.0455. The summed E-state index contributed by atoms with van der Waals surface area (Å²) >= 11 is 0. The lowest BCUT2D eigenvalue weighted by molar-refractivity contribution is -0.129. The Morgan fingerprint density at radius 3 is 2.78 bits per heavy atom. The lowest BCUT2D eigenvalue weighted by Crippen LogP contribution is -2.33. The van der Waals surface area contributed by atoms with Gasteiger partial charge in [0, 0.05) is 25.6 Å². The van der Waals surface area contributed by atoms with Crippen LogP contribution in [0.25, 0.3) is 11.0 Å². The van der Waals surface area contributed by atoms with Crippen LogP contribution in [0.2, 0.25) is 0 Å². The summed E-state index contributed by atoms with van der Waals surface area (Å²) in [6, 6.07) is 7.92. The van der Waals surface area contributed by atoms with E-state index in [1.165, 1.54) is 0 Å². The van der Waals surface area contributed by atoms with Gasteiger partial charge < -0.3 is 9.47 Å². The van der Waals surface area contributed by atoms with Crippen LogP contribution < -0.4 is 5.32 Å². The smallest absolute Gasteiger partial charge is 0.232 e. The number of imidazole rings is 1. The van der Waals surface area contributed by atoms with Crippen molar-refractivity contribution in [2.75, 3.05) is 11.9 Å². The van der Waals surface area contributed by atoms with E-state index < -0.39 is 0 Å². The fraction of sp³-hybridized carbons (Fsp3) is 0.471. The number of rotatable bonds is 4. The molecule has 0 saturated carbocycles. The van der Waals surface area contributed by atoms with Crippen molar-refractivity contribution in [1.82, 2.24) is 14.5 Å². The third kappa shape index (κ3) is 2.81. The number of anilines is 1. The first-order valence-electron chi connectivity index (χ1n) is 8.06. The third-order valence-corrected chi connectivity index (χ3v) is 4.36. The Morgan fingerprint density at radius 2 is 2.13 bits per heavy atom. The van der Waals surface area contributed by atoms with Crippen molar-refractivity contribution in [3.8, 4) is 0 Å². The molecule has 0 bridgehead atoms. The summed E-state index contributed by atoms with van der Waals surface area (Å²) in [5.41, 5.74) is 1.85. The second kappa shape index (κ2) is 6.02. The Kier molecular flexibility index (Phi) is 4.07. The Labute approximate surface area is 135 Å². The Balaban J connectivity index is 1.80. The zero-order chi connectivity index (χ0) is 16.6. The van der Waals surface area contributed by atoms with Crippen LogP contribution in [0.3, 0.4) is 0 Å². The number of fused-ring (bicyclic) bond motifs is 1. The average Bonchev–Trinajstić information content (AvgIpc) is 3.07. The number of amides is 2. The van der Waals surface area contributed by atoms with Gasteiger partial charge in [-0.15, -0.1) is 0 Å². The quantitative estimate of drug-likeness (QED) is 0.941. The molecule has 1 aromatic heterocycles. The first kappa shape index (κ1) is 15.5. The fourth-order valence-corrected chi connectivity index (χ4v) is 3.11. The molecule has 6 nitrogen and oxygen atoms in total. The van der Waals surface area contributed by atoms with Crippen LogP contribution in [0.5, 0.6) is 0 Å². The van der Waals surface area contributed by atoms with Gasteiger partial charge in [-0.1, -0.05) is 12.1 Å². The van der Waals surface area contributed by atoms with Gasteiger partial charge in [-0.2, -0.15) is 0 Å². The van der Waals surface area contributed by atoms with E-state index in [-0.39, 0.29) is 30.2 Å². The van der Waals surface area contributed by atoms with Crippen LogP contribution in [-0.4, -0.2) is 38.9 Å². The molecule has 2 aromatic rings. The summed E-state index contributed by atoms with van der Waals surface area (Å²) in [5.74, 6) is 0.153. The summed E-state index contributed by atoms with van der Waals surface area (Å²) in [6.45, 7) is 7.15. The normalized spacial score (nSPS) is 18.2. The molecule has 1 aliphatic rings. The van der Waals surface area contributed by atoms with E-state index >= 15 is 0 Å². The van der Waals surface area contributed by atoms with Crippen LogP contribution >= 0.6 is 0 Å². The lowest BCUT2D eigenvalue weighted by atomic mass is 10.1. The molecule has 2 heterocycles. The number of aromatic nitrogens is 2. The molecule has 2 amide bonds. The standard InChI is InChI=1S/C17H22N4O2/c1-4-20-14-8-6-5-7-13(14)18-17(20)19-16(23)12-9-15(22)21(10-12)11(2)3/h5-8,11-12H,4,9-10H2,1-3H3,(H,18,19,23). The second-order valence-electron chi connectivity index (χ2n) is 6.20. The Bertz CT molecular complexity index is 750. The number of carbonyl (C=O) groups excluding carboxylic acids is 2. The molecule has 3 rings (SSSR count). The SMILES string of the molecule is CCn1c(NC(=O)C2CC(=O)N(C(C)C)C2)nc2ccccc21. The van der Waals surface area contributed by atoms with E-state index in [0.29, 0.717) is 12.5 Å². The van der Waals surface area contributed by atoms with Gasteiger partial charge in [0.1, 0.15) is 0 Å². The molecule has 1 unspecified atom stereocenters. The first-order chi connectivity index (χ1) is 11.0. The van der Waals surface area contributed by atoms with Gasteiger partial charge in [0.05, 0.1) is 17.0 Å². The zero-order valence-corrected chi connectivity index (χ0v) is 13.7. The largest absolute Gasteiger partial charge is 0.339 e. The number of para-hydroxylation sites is 2. The number of aryl methyl sites for hydroxylation is 1. The molecule has 6 heteroatoms. The third-order valence-electron chi connectivity index (χ3n) is 4.36. The molecular weight excluding hydrogens is 292 g/mol. The van der Waals surface area contributed by atoms with Crippen molar-refractivity contribution in [2.24, 2.45) is 5.92 Å². The molecule has 23 heavy (non-hydrogen) atoms. The molecule has 0 radical (unpaired) electrons. The van der Waals surface area contributed by atoms with Gasteiger partial charge in [0.25, 0.3) is 0 Å². The monoisotopic (exact) mass is 314 g/mol. The molecule has 1 atom stereocenters. The van der Waals surface area contributed by atoms with Gasteiger partial charge in [0.15, 0.2) is 0 Å². The number of nitrogens with one attached hydrogen (secondary N) is 1.